The maximum atomic E-state index is 13.0. The molecular formula is C23H19N3O2S2. The first-order valence-corrected chi connectivity index (χ1v) is 11.1. The van der Waals surface area contributed by atoms with Crippen molar-refractivity contribution in [3.63, 3.8) is 0 Å². The number of fused-ring (bicyclic) bond motifs is 1. The topological polar surface area (TPSA) is 71.1 Å². The van der Waals surface area contributed by atoms with Crippen molar-refractivity contribution in [3.05, 3.63) is 78.4 Å². The van der Waals surface area contributed by atoms with Crippen LogP contribution in [-0.2, 0) is 4.79 Å². The largest absolute Gasteiger partial charge is 0.358 e. The minimum absolute atomic E-state index is 0.0711. The van der Waals surface area contributed by atoms with Crippen molar-refractivity contribution in [2.75, 3.05) is 18.1 Å². The number of nitrogens with zero attached hydrogens (tertiary/aromatic N) is 1. The van der Waals surface area contributed by atoms with E-state index < -0.39 is 0 Å². The Morgan fingerprint density at radius 1 is 0.967 bits per heavy atom. The third-order valence-electron chi connectivity index (χ3n) is 4.50. The summed E-state index contributed by atoms with van der Waals surface area (Å²) in [5, 5.41) is 8.39. The fourth-order valence-electron chi connectivity index (χ4n) is 2.94. The van der Waals surface area contributed by atoms with E-state index in [-0.39, 0.29) is 17.6 Å². The van der Waals surface area contributed by atoms with Gasteiger partial charge in [-0.05, 0) is 22.9 Å². The summed E-state index contributed by atoms with van der Waals surface area (Å²) >= 11 is 2.72. The number of thiazole rings is 1. The monoisotopic (exact) mass is 433 g/mol. The summed E-state index contributed by atoms with van der Waals surface area (Å²) in [7, 11) is 1.61. The first-order chi connectivity index (χ1) is 14.6. The second kappa shape index (κ2) is 9.11. The Morgan fingerprint density at radius 3 is 2.47 bits per heavy atom. The third-order valence-corrected chi connectivity index (χ3v) is 6.61. The molecular weight excluding hydrogens is 414 g/mol. The predicted molar refractivity (Wildman–Crippen MR) is 124 cm³/mol. The van der Waals surface area contributed by atoms with Crippen molar-refractivity contribution in [3.8, 4) is 11.3 Å². The van der Waals surface area contributed by atoms with E-state index in [2.05, 4.69) is 15.6 Å². The van der Waals surface area contributed by atoms with Crippen LogP contribution in [0.1, 0.15) is 10.4 Å². The molecule has 150 valence electrons. The summed E-state index contributed by atoms with van der Waals surface area (Å²) in [5.74, 6) is 0.0127. The van der Waals surface area contributed by atoms with Crippen LogP contribution < -0.4 is 10.6 Å². The van der Waals surface area contributed by atoms with E-state index in [9.17, 15) is 9.59 Å². The van der Waals surface area contributed by atoms with Gasteiger partial charge < -0.3 is 10.6 Å². The second-order valence-corrected chi connectivity index (χ2v) is 8.72. The molecule has 0 saturated carbocycles. The molecule has 4 aromatic rings. The summed E-state index contributed by atoms with van der Waals surface area (Å²) in [6, 6.07) is 23.3. The van der Waals surface area contributed by atoms with E-state index in [1.165, 1.54) is 23.1 Å². The van der Waals surface area contributed by atoms with Gasteiger partial charge in [-0.2, -0.15) is 0 Å². The van der Waals surface area contributed by atoms with Crippen LogP contribution in [-0.4, -0.2) is 29.6 Å². The van der Waals surface area contributed by atoms with E-state index in [4.69, 9.17) is 0 Å². The standard InChI is InChI=1S/C23H19N3O2S2/c1-24-19(27)14-29-23-25-20(16-8-3-2-4-9-16)22(30-23)26-21(28)18-12-11-15-7-5-6-10-17(15)13-18/h2-13H,14H2,1H3,(H,24,27)(H,26,28). The Labute approximate surface area is 182 Å². The molecule has 30 heavy (non-hydrogen) atoms. The number of hydrogen-bond donors (Lipinski definition) is 2. The van der Waals surface area contributed by atoms with Crippen LogP contribution in [0.15, 0.2) is 77.1 Å². The van der Waals surface area contributed by atoms with Gasteiger partial charge in [0.15, 0.2) is 4.34 Å². The molecule has 5 nitrogen and oxygen atoms in total. The van der Waals surface area contributed by atoms with Gasteiger partial charge in [0.25, 0.3) is 5.91 Å². The highest BCUT2D eigenvalue weighted by Gasteiger charge is 2.17. The first kappa shape index (κ1) is 20.1. The van der Waals surface area contributed by atoms with Crippen molar-refractivity contribution < 1.29 is 9.59 Å². The lowest BCUT2D eigenvalue weighted by Crippen LogP contribution is -2.19. The van der Waals surface area contributed by atoms with Crippen LogP contribution >= 0.6 is 23.1 Å². The molecule has 0 spiro atoms. The summed E-state index contributed by atoms with van der Waals surface area (Å²) in [6.45, 7) is 0. The molecule has 1 heterocycles. The van der Waals surface area contributed by atoms with Crippen molar-refractivity contribution in [1.82, 2.24) is 10.3 Å². The van der Waals surface area contributed by atoms with E-state index in [1.54, 1.807) is 7.05 Å². The van der Waals surface area contributed by atoms with E-state index in [0.717, 1.165) is 20.7 Å². The number of rotatable bonds is 6. The van der Waals surface area contributed by atoms with Crippen molar-refractivity contribution in [2.45, 2.75) is 4.34 Å². The van der Waals surface area contributed by atoms with Crippen molar-refractivity contribution in [1.29, 1.82) is 0 Å². The molecule has 3 aromatic carbocycles. The first-order valence-electron chi connectivity index (χ1n) is 9.34. The Morgan fingerprint density at radius 2 is 1.70 bits per heavy atom. The van der Waals surface area contributed by atoms with E-state index in [1.807, 2.05) is 72.8 Å². The molecule has 0 fully saturated rings. The summed E-state index contributed by atoms with van der Waals surface area (Å²) in [5.41, 5.74) is 2.20. The van der Waals surface area contributed by atoms with Crippen molar-refractivity contribution in [2.24, 2.45) is 0 Å². The van der Waals surface area contributed by atoms with Gasteiger partial charge >= 0.3 is 0 Å². The number of hydrogen-bond acceptors (Lipinski definition) is 5. The van der Waals surface area contributed by atoms with Crippen LogP contribution in [0.2, 0.25) is 0 Å². The Balaban J connectivity index is 1.63. The van der Waals surface area contributed by atoms with E-state index >= 15 is 0 Å². The number of amides is 2. The Bertz CT molecular complexity index is 1210. The molecule has 0 radical (unpaired) electrons. The normalized spacial score (nSPS) is 10.7. The zero-order valence-electron chi connectivity index (χ0n) is 16.2. The molecule has 7 heteroatoms. The zero-order valence-corrected chi connectivity index (χ0v) is 17.8. The van der Waals surface area contributed by atoms with Crippen molar-refractivity contribution >= 4 is 50.7 Å². The van der Waals surface area contributed by atoms with Crippen LogP contribution in [0.5, 0.6) is 0 Å². The fourth-order valence-corrected chi connectivity index (χ4v) is 4.88. The van der Waals surface area contributed by atoms with Crippen LogP contribution in [0, 0.1) is 0 Å². The molecule has 0 atom stereocenters. The highest BCUT2D eigenvalue weighted by Crippen LogP contribution is 2.37. The molecule has 1 aromatic heterocycles. The van der Waals surface area contributed by atoms with Gasteiger partial charge in [-0.15, -0.1) is 0 Å². The number of nitrogens with one attached hydrogen (secondary N) is 2. The fraction of sp³-hybridized carbons (Fsp3) is 0.0870. The van der Waals surface area contributed by atoms with Gasteiger partial charge in [0.1, 0.15) is 10.7 Å². The molecule has 2 amide bonds. The number of thioether (sulfide) groups is 1. The van der Waals surface area contributed by atoms with Crippen LogP contribution in [0.3, 0.4) is 0 Å². The van der Waals surface area contributed by atoms with Gasteiger partial charge in [0.05, 0.1) is 5.75 Å². The summed E-state index contributed by atoms with van der Waals surface area (Å²) < 4.78 is 0.728. The minimum Gasteiger partial charge on any atom is -0.358 e. The van der Waals surface area contributed by atoms with Crippen LogP contribution in [0.4, 0.5) is 5.00 Å². The molecule has 0 aliphatic rings. The zero-order chi connectivity index (χ0) is 20.9. The quantitative estimate of drug-likeness (QED) is 0.417. The molecule has 0 unspecified atom stereocenters. The lowest BCUT2D eigenvalue weighted by molar-refractivity contribution is -0.118. The van der Waals surface area contributed by atoms with Gasteiger partial charge in [-0.1, -0.05) is 83.8 Å². The van der Waals surface area contributed by atoms with E-state index in [0.29, 0.717) is 16.3 Å². The lowest BCUT2D eigenvalue weighted by Gasteiger charge is -2.06. The molecule has 2 N–H and O–H groups in total. The number of carbonyl (C=O) groups excluding carboxylic acids is 2. The highest BCUT2D eigenvalue weighted by atomic mass is 32.2. The van der Waals surface area contributed by atoms with Gasteiger partial charge in [0.2, 0.25) is 5.91 Å². The predicted octanol–water partition coefficient (Wildman–Crippen LogP) is 5.05. The maximum Gasteiger partial charge on any atom is 0.256 e. The average molecular weight is 434 g/mol. The molecule has 0 bridgehead atoms. The number of carbonyl (C=O) groups is 2. The SMILES string of the molecule is CNC(=O)CSc1nc(-c2ccccc2)c(NC(=O)c2ccc3ccccc3c2)s1. The minimum atomic E-state index is -0.190. The Kier molecular flexibility index (Phi) is 6.11. The average Bonchev–Trinajstić information content (AvgIpc) is 3.20. The number of aromatic nitrogens is 1. The summed E-state index contributed by atoms with van der Waals surface area (Å²) in [6.07, 6.45) is 0. The molecule has 0 aliphatic carbocycles. The van der Waals surface area contributed by atoms with Gasteiger partial charge in [-0.3, -0.25) is 9.59 Å². The Hall–Kier alpha value is -3.16. The highest BCUT2D eigenvalue weighted by molar-refractivity contribution is 8.01. The molecule has 4 rings (SSSR count). The van der Waals surface area contributed by atoms with Gasteiger partial charge in [-0.25, -0.2) is 4.98 Å². The van der Waals surface area contributed by atoms with Gasteiger partial charge in [0, 0.05) is 18.2 Å². The third kappa shape index (κ3) is 4.53. The number of benzene rings is 3. The number of anilines is 1. The summed E-state index contributed by atoms with van der Waals surface area (Å²) in [4.78, 5) is 29.2. The molecule has 0 aliphatic heterocycles. The lowest BCUT2D eigenvalue weighted by atomic mass is 10.1. The molecule has 0 saturated heterocycles. The smallest absolute Gasteiger partial charge is 0.256 e. The maximum absolute atomic E-state index is 13.0. The second-order valence-electron chi connectivity index (χ2n) is 6.50. The van der Waals surface area contributed by atoms with Crippen LogP contribution in [0.25, 0.3) is 22.0 Å².